The molecule has 2 rings (SSSR count). The third-order valence-corrected chi connectivity index (χ3v) is 3.42. The number of ketones is 1. The molecular formula is C14H14F3N3O4. The Hall–Kier alpha value is -2.65. The molecule has 0 aliphatic rings. The molecule has 2 aromatic rings. The smallest absolute Gasteiger partial charge is 0.453 e. The fourth-order valence-corrected chi connectivity index (χ4v) is 2.08. The molecule has 0 spiro atoms. The molecule has 10 heteroatoms. The molecule has 0 fully saturated rings. The Morgan fingerprint density at radius 3 is 2.29 bits per heavy atom. The maximum absolute atomic E-state index is 12.9. The minimum Gasteiger partial charge on any atom is -0.481 e. The van der Waals surface area contributed by atoms with Crippen LogP contribution in [0.5, 0.6) is 5.88 Å². The predicted octanol–water partition coefficient (Wildman–Crippen LogP) is 2.14. The van der Waals surface area contributed by atoms with Gasteiger partial charge in [-0.25, -0.2) is 4.98 Å². The van der Waals surface area contributed by atoms with Crippen molar-refractivity contribution in [2.75, 3.05) is 14.2 Å². The van der Waals surface area contributed by atoms with E-state index >= 15 is 0 Å². The highest BCUT2D eigenvalue weighted by Crippen LogP contribution is 2.31. The first-order valence-electron chi connectivity index (χ1n) is 6.68. The lowest BCUT2D eigenvalue weighted by molar-refractivity contribution is -0.148. The number of alkyl halides is 3. The van der Waals surface area contributed by atoms with Gasteiger partial charge in [0.2, 0.25) is 5.88 Å². The van der Waals surface area contributed by atoms with Crippen LogP contribution in [0.2, 0.25) is 0 Å². The Morgan fingerprint density at radius 1 is 1.17 bits per heavy atom. The van der Waals surface area contributed by atoms with Gasteiger partial charge in [0.15, 0.2) is 11.4 Å². The van der Waals surface area contributed by atoms with E-state index in [0.29, 0.717) is 0 Å². The number of fused-ring (bicyclic) bond motifs is 1. The van der Waals surface area contributed by atoms with Gasteiger partial charge in [-0.15, -0.1) is 5.10 Å². The summed E-state index contributed by atoms with van der Waals surface area (Å²) in [6.07, 6.45) is -4.80. The van der Waals surface area contributed by atoms with E-state index in [4.69, 9.17) is 4.74 Å². The minimum absolute atomic E-state index is 0.0413. The molecule has 0 bridgehead atoms. The van der Waals surface area contributed by atoms with E-state index in [1.807, 2.05) is 0 Å². The lowest BCUT2D eigenvalue weighted by atomic mass is 9.84. The number of rotatable bonds is 4. The zero-order valence-electron chi connectivity index (χ0n) is 13.3. The van der Waals surface area contributed by atoms with Crippen molar-refractivity contribution in [3.8, 4) is 5.88 Å². The van der Waals surface area contributed by atoms with E-state index in [0.717, 1.165) is 11.6 Å². The summed E-state index contributed by atoms with van der Waals surface area (Å²) in [7, 11) is 2.35. The van der Waals surface area contributed by atoms with Crippen molar-refractivity contribution >= 4 is 17.4 Å². The number of hydrogen-bond donors (Lipinski definition) is 0. The normalized spacial score (nSPS) is 12.3. The van der Waals surface area contributed by atoms with Gasteiger partial charge in [0.1, 0.15) is 5.41 Å². The molecule has 130 valence electrons. The van der Waals surface area contributed by atoms with Crippen molar-refractivity contribution in [2.45, 2.75) is 20.0 Å². The molecule has 24 heavy (non-hydrogen) atoms. The van der Waals surface area contributed by atoms with E-state index in [2.05, 4.69) is 14.8 Å². The topological polar surface area (TPSA) is 82.8 Å². The van der Waals surface area contributed by atoms with Crippen LogP contribution in [-0.4, -0.2) is 40.6 Å². The maximum Gasteiger partial charge on any atom is 0.453 e. The van der Waals surface area contributed by atoms with Gasteiger partial charge < -0.3 is 9.47 Å². The number of esters is 1. The Kier molecular flexibility index (Phi) is 4.25. The standard InChI is InChI=1S/C14H14F3N3O4/c1-13(2,12(22)24-4)9(21)7-5-6-8(23-3)20-10(7)18-11(19-20)14(15,16)17/h5-6H,1-4H3. The number of carbonyl (C=O) groups excluding carboxylic acids is 2. The summed E-state index contributed by atoms with van der Waals surface area (Å²) in [5, 5.41) is 3.33. The molecular weight excluding hydrogens is 331 g/mol. The van der Waals surface area contributed by atoms with Crippen LogP contribution < -0.4 is 4.74 Å². The van der Waals surface area contributed by atoms with Crippen molar-refractivity contribution in [3.63, 3.8) is 0 Å². The van der Waals surface area contributed by atoms with Crippen LogP contribution in [0.25, 0.3) is 5.65 Å². The Balaban J connectivity index is 2.70. The molecule has 0 aliphatic carbocycles. The summed E-state index contributed by atoms with van der Waals surface area (Å²) in [5.41, 5.74) is -2.16. The van der Waals surface area contributed by atoms with E-state index < -0.39 is 29.2 Å². The summed E-state index contributed by atoms with van der Waals surface area (Å²) in [6, 6.07) is 2.50. The molecule has 7 nitrogen and oxygen atoms in total. The second kappa shape index (κ2) is 5.77. The molecule has 0 saturated heterocycles. The van der Waals surface area contributed by atoms with Crippen molar-refractivity contribution in [1.82, 2.24) is 14.6 Å². The molecule has 0 aliphatic heterocycles. The molecule has 0 atom stereocenters. The Morgan fingerprint density at radius 2 is 1.79 bits per heavy atom. The van der Waals surface area contributed by atoms with E-state index in [1.165, 1.54) is 33.1 Å². The third-order valence-electron chi connectivity index (χ3n) is 3.42. The first kappa shape index (κ1) is 17.7. The summed E-state index contributed by atoms with van der Waals surface area (Å²) in [4.78, 5) is 27.8. The molecule has 0 unspecified atom stereocenters. The molecule has 2 aromatic heterocycles. The van der Waals surface area contributed by atoms with Crippen LogP contribution in [0.15, 0.2) is 12.1 Å². The van der Waals surface area contributed by atoms with Crippen LogP contribution >= 0.6 is 0 Å². The second-order valence-electron chi connectivity index (χ2n) is 5.40. The van der Waals surface area contributed by atoms with E-state index in [9.17, 15) is 22.8 Å². The van der Waals surface area contributed by atoms with Crippen LogP contribution in [0, 0.1) is 5.41 Å². The lowest BCUT2D eigenvalue weighted by Gasteiger charge is -2.20. The number of ether oxygens (including phenoxy) is 2. The quantitative estimate of drug-likeness (QED) is 0.480. The van der Waals surface area contributed by atoms with Gasteiger partial charge >= 0.3 is 12.1 Å². The van der Waals surface area contributed by atoms with E-state index in [1.54, 1.807) is 0 Å². The molecule has 0 saturated carbocycles. The number of carbonyl (C=O) groups is 2. The highest BCUT2D eigenvalue weighted by atomic mass is 19.4. The average molecular weight is 345 g/mol. The fourth-order valence-electron chi connectivity index (χ4n) is 2.08. The van der Waals surface area contributed by atoms with Gasteiger partial charge in [0.25, 0.3) is 5.82 Å². The summed E-state index contributed by atoms with van der Waals surface area (Å²) < 4.78 is 48.9. The van der Waals surface area contributed by atoms with Crippen LogP contribution in [0.4, 0.5) is 13.2 Å². The monoisotopic (exact) mass is 345 g/mol. The average Bonchev–Trinajstić information content (AvgIpc) is 2.97. The molecule has 0 amide bonds. The van der Waals surface area contributed by atoms with Crippen LogP contribution in [0.3, 0.4) is 0 Å². The number of hydrogen-bond acceptors (Lipinski definition) is 6. The molecule has 0 radical (unpaired) electrons. The highest BCUT2D eigenvalue weighted by Gasteiger charge is 2.41. The highest BCUT2D eigenvalue weighted by molar-refractivity contribution is 6.14. The van der Waals surface area contributed by atoms with Gasteiger partial charge in [-0.05, 0) is 19.9 Å². The largest absolute Gasteiger partial charge is 0.481 e. The van der Waals surface area contributed by atoms with Crippen molar-refractivity contribution in [1.29, 1.82) is 0 Å². The van der Waals surface area contributed by atoms with Gasteiger partial charge in [0.05, 0.1) is 19.8 Å². The number of aromatic nitrogens is 3. The molecule has 0 N–H and O–H groups in total. The number of pyridine rings is 1. The first-order valence-corrected chi connectivity index (χ1v) is 6.68. The van der Waals surface area contributed by atoms with Crippen molar-refractivity contribution < 1.29 is 32.2 Å². The van der Waals surface area contributed by atoms with E-state index in [-0.39, 0.29) is 17.1 Å². The zero-order chi connectivity index (χ0) is 18.3. The number of nitrogens with zero attached hydrogens (tertiary/aromatic N) is 3. The first-order chi connectivity index (χ1) is 11.0. The minimum atomic E-state index is -4.80. The molecule has 0 aromatic carbocycles. The summed E-state index contributed by atoms with van der Waals surface area (Å²) >= 11 is 0. The Bertz CT molecular complexity index is 811. The summed E-state index contributed by atoms with van der Waals surface area (Å²) in [5.74, 6) is -3.03. The lowest BCUT2D eigenvalue weighted by Crippen LogP contribution is -2.34. The van der Waals surface area contributed by atoms with Gasteiger partial charge in [0, 0.05) is 6.07 Å². The molecule has 2 heterocycles. The second-order valence-corrected chi connectivity index (χ2v) is 5.40. The fraction of sp³-hybridized carbons (Fsp3) is 0.429. The van der Waals surface area contributed by atoms with Crippen LogP contribution in [-0.2, 0) is 15.7 Å². The number of methoxy groups -OCH3 is 2. The van der Waals surface area contributed by atoms with Crippen molar-refractivity contribution in [2.24, 2.45) is 5.41 Å². The van der Waals surface area contributed by atoms with Gasteiger partial charge in [-0.1, -0.05) is 0 Å². The SMILES string of the molecule is COC(=O)C(C)(C)C(=O)c1ccc(OC)n2nc(C(F)(F)F)nc12. The number of Topliss-reactive ketones (excluding diaryl/α,β-unsaturated/α-hetero) is 1. The van der Waals surface area contributed by atoms with Crippen LogP contribution in [0.1, 0.15) is 30.0 Å². The predicted molar refractivity (Wildman–Crippen MR) is 74.7 cm³/mol. The zero-order valence-corrected chi connectivity index (χ0v) is 13.3. The summed E-state index contributed by atoms with van der Waals surface area (Å²) in [6.45, 7) is 2.62. The maximum atomic E-state index is 12.9. The van der Waals surface area contributed by atoms with Gasteiger partial charge in [-0.3, -0.25) is 9.59 Å². The van der Waals surface area contributed by atoms with Crippen molar-refractivity contribution in [3.05, 3.63) is 23.5 Å². The number of halogens is 3. The third kappa shape index (κ3) is 2.79. The van der Waals surface area contributed by atoms with Gasteiger partial charge in [-0.2, -0.15) is 17.7 Å². The Labute approximate surface area is 134 Å².